The maximum atomic E-state index is 8.61. The van der Waals surface area contributed by atoms with Crippen LogP contribution in [0.3, 0.4) is 0 Å². The molecule has 9 aliphatic carbocycles. The lowest BCUT2D eigenvalue weighted by Crippen LogP contribution is -2.23. The minimum absolute atomic E-state index is 0.149. The summed E-state index contributed by atoms with van der Waals surface area (Å²) in [6, 6.07) is 0. The highest BCUT2D eigenvalue weighted by Gasteiger charge is 2.49. The molecular formula is C54H99ClN5O9P5. The quantitative estimate of drug-likeness (QED) is 0.122. The van der Waals surface area contributed by atoms with Crippen molar-refractivity contribution in [1.82, 2.24) is 0 Å². The van der Waals surface area contributed by atoms with Crippen LogP contribution in [-0.4, -0.2) is 54.9 Å². The summed E-state index contributed by atoms with van der Waals surface area (Å²) in [5.41, 5.74) is 0. The fourth-order valence-electron chi connectivity index (χ4n) is 13.6. The molecule has 9 fully saturated rings. The van der Waals surface area contributed by atoms with Gasteiger partial charge in [0.25, 0.3) is 0 Å². The molecule has 20 heteroatoms. The van der Waals surface area contributed by atoms with Crippen molar-refractivity contribution < 1.29 is 40.7 Å². The van der Waals surface area contributed by atoms with E-state index in [0.29, 0.717) is 0 Å². The van der Waals surface area contributed by atoms with E-state index in [0.717, 1.165) is 231 Å². The van der Waals surface area contributed by atoms with Gasteiger partial charge >= 0.3 is 37.4 Å². The predicted molar refractivity (Wildman–Crippen MR) is 304 cm³/mol. The Hall–Kier alpha value is 1.08. The van der Waals surface area contributed by atoms with Crippen LogP contribution in [0.4, 0.5) is 0 Å². The first kappa shape index (κ1) is 58.3. The summed E-state index contributed by atoms with van der Waals surface area (Å²) in [5.74, 6) is 0. The molecular weight excluding hydrogens is 1050 g/mol. The van der Waals surface area contributed by atoms with E-state index in [1.54, 1.807) is 0 Å². The van der Waals surface area contributed by atoms with Gasteiger partial charge in [0.15, 0.2) is 0 Å². The van der Waals surface area contributed by atoms with Gasteiger partial charge in [-0.25, -0.2) is 0 Å². The Morgan fingerprint density at radius 1 is 0.189 bits per heavy atom. The lowest BCUT2D eigenvalue weighted by atomic mass is 9.98. The van der Waals surface area contributed by atoms with Crippen LogP contribution < -0.4 is 0 Å². The van der Waals surface area contributed by atoms with Crippen LogP contribution in [0, 0.1) is 0 Å². The van der Waals surface area contributed by atoms with Crippen LogP contribution >= 0.6 is 48.7 Å². The largest absolute Gasteiger partial charge is 0.349 e. The van der Waals surface area contributed by atoms with Crippen LogP contribution in [0.15, 0.2) is 22.6 Å². The molecule has 0 saturated heterocycles. The summed E-state index contributed by atoms with van der Waals surface area (Å²) in [6.45, 7) is -3.94. The molecule has 0 N–H and O–H groups in total. The number of rotatable bonds is 18. The fraction of sp³-hybridized carbons (Fsp3) is 1.00. The molecule has 0 amide bonds. The molecule has 10 rings (SSSR count). The monoisotopic (exact) mass is 1150 g/mol. The Morgan fingerprint density at radius 3 is 0.527 bits per heavy atom. The molecule has 0 aromatic rings. The van der Waals surface area contributed by atoms with E-state index in [1.165, 1.54) is 57.8 Å². The van der Waals surface area contributed by atoms with Gasteiger partial charge in [-0.2, -0.15) is 9.03 Å². The lowest BCUT2D eigenvalue weighted by molar-refractivity contribution is 0.0852. The highest BCUT2D eigenvalue weighted by molar-refractivity contribution is 7.92. The van der Waals surface area contributed by atoms with Crippen molar-refractivity contribution in [3.8, 4) is 0 Å². The summed E-state index contributed by atoms with van der Waals surface area (Å²) in [7, 11) is -15.8. The maximum absolute atomic E-state index is 8.61. The van der Waals surface area contributed by atoms with Crippen molar-refractivity contribution >= 4 is 48.7 Å². The highest BCUT2D eigenvalue weighted by atomic mass is 35.7. The van der Waals surface area contributed by atoms with E-state index in [1.807, 2.05) is 0 Å². The number of hydrogen-bond acceptors (Lipinski definition) is 14. The molecule has 1 atom stereocenters. The lowest BCUT2D eigenvalue weighted by Gasteiger charge is -2.40. The zero-order valence-electron chi connectivity index (χ0n) is 45.5. The topological polar surface area (TPSA) is 145 Å². The first-order valence-corrected chi connectivity index (χ1v) is 39.9. The summed E-state index contributed by atoms with van der Waals surface area (Å²) >= 11 is 8.61. The molecule has 1 unspecified atom stereocenters. The van der Waals surface area contributed by atoms with Crippen molar-refractivity contribution in [1.29, 1.82) is 0 Å². The second-order valence-corrected chi connectivity index (χ2v) is 35.8. The van der Waals surface area contributed by atoms with E-state index in [-0.39, 0.29) is 54.9 Å². The first-order valence-electron chi connectivity index (χ1n) is 31.3. The zero-order chi connectivity index (χ0) is 50.4. The van der Waals surface area contributed by atoms with Gasteiger partial charge in [-0.15, -0.1) is 13.5 Å². The number of nitrogens with zero attached hydrogens (tertiary/aromatic N) is 5. The molecule has 0 radical (unpaired) electrons. The minimum Gasteiger partial charge on any atom is -0.312 e. The van der Waals surface area contributed by atoms with Crippen LogP contribution in [-0.2, 0) is 40.7 Å². The Bertz CT molecular complexity index is 1840. The number of hydrogen-bond donors (Lipinski definition) is 0. The van der Waals surface area contributed by atoms with E-state index in [9.17, 15) is 0 Å². The molecule has 0 bridgehead atoms. The predicted octanol–water partition coefficient (Wildman–Crippen LogP) is 22.1. The molecule has 74 heavy (non-hydrogen) atoms. The first-order chi connectivity index (χ1) is 36.2. The Labute approximate surface area is 453 Å². The third-order valence-electron chi connectivity index (χ3n) is 17.7. The van der Waals surface area contributed by atoms with Crippen LogP contribution in [0.25, 0.3) is 0 Å². The summed E-state index contributed by atoms with van der Waals surface area (Å²) in [4.78, 5) is 0. The molecule has 426 valence electrons. The Morgan fingerprint density at radius 2 is 0.338 bits per heavy atom. The third-order valence-corrected chi connectivity index (χ3v) is 33.3. The maximum Gasteiger partial charge on any atom is 0.349 e. The van der Waals surface area contributed by atoms with Crippen LogP contribution in [0.5, 0.6) is 0 Å². The molecule has 9 saturated carbocycles. The van der Waals surface area contributed by atoms with Gasteiger partial charge in [0, 0.05) is 0 Å². The standard InChI is InChI=1S/C54H99ClN5O9P5/c55-70(61-46-28-10-1-11-29-46)56-71(62-47-30-12-2-13-31-47,63-48-32-14-3-15-33-48)58-73(66-51-38-20-6-21-39-51,67-52-40-22-7-23-41-52)60-74(68-53-42-24-8-25-43-53,69-54-44-26-9-27-45-54)59-72(57-70,64-49-34-16-4-17-35-49)65-50-36-18-5-19-37-50/h46-54H,1-45H2. The molecule has 14 nitrogen and oxygen atoms in total. The van der Waals surface area contributed by atoms with Crippen LogP contribution in [0.1, 0.15) is 289 Å². The summed E-state index contributed by atoms with van der Waals surface area (Å²) in [6.07, 6.45) is 44.4. The van der Waals surface area contributed by atoms with E-state index >= 15 is 0 Å². The van der Waals surface area contributed by atoms with Gasteiger partial charge in [0.05, 0.1) is 54.9 Å². The van der Waals surface area contributed by atoms with Gasteiger partial charge in [-0.3, -0.25) is 0 Å². The number of halogens is 1. The average molecular weight is 1150 g/mol. The van der Waals surface area contributed by atoms with E-state index in [4.69, 9.17) is 74.5 Å². The Kier molecular flexibility index (Phi) is 22.7. The molecule has 0 aromatic heterocycles. The Balaban J connectivity index is 1.34. The van der Waals surface area contributed by atoms with Gasteiger partial charge in [-0.05, 0) is 127 Å². The van der Waals surface area contributed by atoms with Crippen LogP contribution in [0.2, 0.25) is 0 Å². The van der Waals surface area contributed by atoms with Gasteiger partial charge in [0.2, 0.25) is 0 Å². The van der Waals surface area contributed by atoms with Crippen molar-refractivity contribution in [2.75, 3.05) is 0 Å². The van der Waals surface area contributed by atoms with Gasteiger partial charge < -0.3 is 40.7 Å². The SMILES string of the molecule is ClP1(OC2CCCCC2)=NP(OC2CCCCC2)(OC2CCCCC2)=NP(OC2CCCCC2)(OC2CCCCC2)=NP(OC2CCCCC2)(OC2CCCCC2)=NP(OC2CCCCC2)(OC2CCCCC2)=N1. The zero-order valence-corrected chi connectivity index (χ0v) is 50.8. The molecule has 0 aromatic carbocycles. The minimum atomic E-state index is -3.97. The van der Waals surface area contributed by atoms with Gasteiger partial charge in [-0.1, -0.05) is 173 Å². The van der Waals surface area contributed by atoms with Gasteiger partial charge in [0.1, 0.15) is 0 Å². The highest BCUT2D eigenvalue weighted by Crippen LogP contribution is 2.84. The van der Waals surface area contributed by atoms with E-state index in [2.05, 4.69) is 0 Å². The molecule has 0 spiro atoms. The molecule has 10 aliphatic rings. The summed E-state index contributed by atoms with van der Waals surface area (Å²) in [5, 5.41) is 0. The smallest absolute Gasteiger partial charge is 0.312 e. The van der Waals surface area contributed by atoms with Crippen molar-refractivity contribution in [3.05, 3.63) is 0 Å². The van der Waals surface area contributed by atoms with E-state index < -0.39 is 37.4 Å². The summed E-state index contributed by atoms with van der Waals surface area (Å²) < 4.78 is 101. The normalized spacial score (nSPS) is 31.5. The molecule has 1 heterocycles. The second kappa shape index (κ2) is 28.9. The second-order valence-electron chi connectivity index (χ2n) is 24.2. The van der Waals surface area contributed by atoms with Crippen molar-refractivity contribution in [3.63, 3.8) is 0 Å². The fourth-order valence-corrected chi connectivity index (χ4v) is 32.0. The van der Waals surface area contributed by atoms with Crippen molar-refractivity contribution in [2.45, 2.75) is 344 Å². The molecule has 1 aliphatic heterocycles. The third kappa shape index (κ3) is 17.3. The van der Waals surface area contributed by atoms with Crippen molar-refractivity contribution in [2.24, 2.45) is 22.6 Å². The average Bonchev–Trinajstić information content (AvgIpc) is 3.41.